The molecule has 0 saturated carbocycles. The Bertz CT molecular complexity index is 236. The van der Waals surface area contributed by atoms with Gasteiger partial charge in [0.2, 0.25) is 0 Å². The molecule has 1 heterocycles. The second-order valence-corrected chi connectivity index (χ2v) is 2.67. The third-order valence-electron chi connectivity index (χ3n) is 1.72. The maximum atomic E-state index is 10.8. The molecule has 1 amide bonds. The zero-order chi connectivity index (χ0) is 9.14. The van der Waals surface area contributed by atoms with E-state index in [1.54, 1.807) is 0 Å². The Balaban J connectivity index is 2.57. The first-order valence-corrected chi connectivity index (χ1v) is 3.65. The molecule has 12 heavy (non-hydrogen) atoms. The SMILES string of the molecule is O=C1CCCN(C(=O)C(=O)O)C1. The van der Waals surface area contributed by atoms with Crippen LogP contribution in [-0.2, 0) is 14.4 Å². The highest BCUT2D eigenvalue weighted by Gasteiger charge is 2.25. The molecular weight excluding hydrogens is 162 g/mol. The third kappa shape index (κ3) is 1.81. The van der Waals surface area contributed by atoms with Crippen molar-refractivity contribution in [1.29, 1.82) is 0 Å². The zero-order valence-corrected chi connectivity index (χ0v) is 6.45. The molecule has 5 heteroatoms. The molecule has 0 unspecified atom stereocenters. The summed E-state index contributed by atoms with van der Waals surface area (Å²) in [6.45, 7) is 0.321. The van der Waals surface area contributed by atoms with Crippen LogP contribution in [0.15, 0.2) is 0 Å². The van der Waals surface area contributed by atoms with Crippen LogP contribution in [0.25, 0.3) is 0 Å². The minimum absolute atomic E-state index is 0.0505. The van der Waals surface area contributed by atoms with Gasteiger partial charge in [-0.3, -0.25) is 9.59 Å². The summed E-state index contributed by atoms with van der Waals surface area (Å²) in [6.07, 6.45) is 1.02. The highest BCUT2D eigenvalue weighted by Crippen LogP contribution is 2.05. The molecule has 1 N–H and O–H groups in total. The molecule has 1 fully saturated rings. The number of piperidine rings is 1. The number of hydrogen-bond donors (Lipinski definition) is 1. The summed E-state index contributed by atoms with van der Waals surface area (Å²) in [6, 6.07) is 0. The van der Waals surface area contributed by atoms with Crippen LogP contribution in [0.3, 0.4) is 0 Å². The summed E-state index contributed by atoms with van der Waals surface area (Å²) in [4.78, 5) is 32.9. The van der Waals surface area contributed by atoms with Gasteiger partial charge >= 0.3 is 11.9 Å². The van der Waals surface area contributed by atoms with Gasteiger partial charge in [0.05, 0.1) is 6.54 Å². The topological polar surface area (TPSA) is 74.7 Å². The highest BCUT2D eigenvalue weighted by atomic mass is 16.4. The second-order valence-electron chi connectivity index (χ2n) is 2.67. The fraction of sp³-hybridized carbons (Fsp3) is 0.571. The van der Waals surface area contributed by atoms with E-state index < -0.39 is 11.9 Å². The number of carbonyl (C=O) groups is 3. The fourth-order valence-corrected chi connectivity index (χ4v) is 1.15. The lowest BCUT2D eigenvalue weighted by Crippen LogP contribution is -2.43. The Morgan fingerprint density at radius 3 is 2.58 bits per heavy atom. The van der Waals surface area contributed by atoms with Gasteiger partial charge in [-0.2, -0.15) is 0 Å². The number of hydrogen-bond acceptors (Lipinski definition) is 3. The lowest BCUT2D eigenvalue weighted by Gasteiger charge is -2.23. The molecule has 0 atom stereocenters. The van der Waals surface area contributed by atoms with Crippen LogP contribution in [0.4, 0.5) is 0 Å². The van der Waals surface area contributed by atoms with Crippen molar-refractivity contribution in [2.24, 2.45) is 0 Å². The first-order chi connectivity index (χ1) is 5.61. The van der Waals surface area contributed by atoms with Crippen molar-refractivity contribution in [2.45, 2.75) is 12.8 Å². The minimum Gasteiger partial charge on any atom is -0.474 e. The van der Waals surface area contributed by atoms with Gasteiger partial charge in [-0.05, 0) is 6.42 Å². The summed E-state index contributed by atoms with van der Waals surface area (Å²) < 4.78 is 0. The summed E-state index contributed by atoms with van der Waals surface area (Å²) in [5, 5.41) is 8.32. The van der Waals surface area contributed by atoms with E-state index in [1.807, 2.05) is 0 Å². The average Bonchev–Trinajstić information content (AvgIpc) is 2.03. The number of carbonyl (C=O) groups excluding carboxylic acids is 2. The lowest BCUT2D eigenvalue weighted by molar-refractivity contribution is -0.157. The lowest BCUT2D eigenvalue weighted by atomic mass is 10.1. The van der Waals surface area contributed by atoms with Crippen molar-refractivity contribution in [2.75, 3.05) is 13.1 Å². The van der Waals surface area contributed by atoms with E-state index in [0.717, 1.165) is 4.90 Å². The molecule has 0 bridgehead atoms. The van der Waals surface area contributed by atoms with Gasteiger partial charge in [-0.15, -0.1) is 0 Å². The van der Waals surface area contributed by atoms with Crippen LogP contribution in [0.5, 0.6) is 0 Å². The predicted molar refractivity (Wildman–Crippen MR) is 38.5 cm³/mol. The molecule has 0 spiro atoms. The van der Waals surface area contributed by atoms with Gasteiger partial charge < -0.3 is 10.0 Å². The summed E-state index contributed by atoms with van der Waals surface area (Å²) >= 11 is 0. The number of nitrogens with zero attached hydrogens (tertiary/aromatic N) is 1. The molecule has 0 aliphatic carbocycles. The Kier molecular flexibility index (Phi) is 2.42. The molecule has 1 aliphatic rings. The number of aliphatic carboxylic acids is 1. The fourth-order valence-electron chi connectivity index (χ4n) is 1.15. The molecule has 66 valence electrons. The van der Waals surface area contributed by atoms with Crippen molar-refractivity contribution < 1.29 is 19.5 Å². The van der Waals surface area contributed by atoms with Crippen molar-refractivity contribution >= 4 is 17.7 Å². The number of Topliss-reactive ketones (excluding diaryl/α,β-unsaturated/α-hetero) is 1. The zero-order valence-electron chi connectivity index (χ0n) is 6.45. The van der Waals surface area contributed by atoms with Crippen molar-refractivity contribution in [3.05, 3.63) is 0 Å². The monoisotopic (exact) mass is 171 g/mol. The summed E-state index contributed by atoms with van der Waals surface area (Å²) in [7, 11) is 0. The van der Waals surface area contributed by atoms with Crippen molar-refractivity contribution in [3.8, 4) is 0 Å². The second kappa shape index (κ2) is 3.34. The van der Waals surface area contributed by atoms with E-state index in [1.165, 1.54) is 0 Å². The molecule has 1 aliphatic heterocycles. The highest BCUT2D eigenvalue weighted by molar-refractivity contribution is 6.31. The van der Waals surface area contributed by atoms with Crippen LogP contribution >= 0.6 is 0 Å². The number of likely N-dealkylation sites (tertiary alicyclic amines) is 1. The number of carboxylic acids is 1. The number of amides is 1. The van der Waals surface area contributed by atoms with Crippen molar-refractivity contribution in [1.82, 2.24) is 4.90 Å². The predicted octanol–water partition coefficient (Wildman–Crippen LogP) is -0.737. The number of carboxylic acid groups (broad SMARTS) is 1. The largest absolute Gasteiger partial charge is 0.474 e. The maximum Gasteiger partial charge on any atom is 0.394 e. The van der Waals surface area contributed by atoms with E-state index in [0.29, 0.717) is 19.4 Å². The van der Waals surface area contributed by atoms with Gasteiger partial charge in [0, 0.05) is 13.0 Å². The Morgan fingerprint density at radius 1 is 1.42 bits per heavy atom. The Labute approximate surface area is 69.0 Å². The first-order valence-electron chi connectivity index (χ1n) is 3.65. The van der Waals surface area contributed by atoms with Gasteiger partial charge in [0.1, 0.15) is 0 Å². The smallest absolute Gasteiger partial charge is 0.394 e. The van der Waals surface area contributed by atoms with Gasteiger partial charge in [0.15, 0.2) is 5.78 Å². The number of rotatable bonds is 0. The van der Waals surface area contributed by atoms with Crippen molar-refractivity contribution in [3.63, 3.8) is 0 Å². The van der Waals surface area contributed by atoms with Gasteiger partial charge in [-0.1, -0.05) is 0 Å². The van der Waals surface area contributed by atoms with Crippen LogP contribution in [0.2, 0.25) is 0 Å². The van der Waals surface area contributed by atoms with Crippen LogP contribution in [-0.4, -0.2) is 40.8 Å². The van der Waals surface area contributed by atoms with E-state index in [-0.39, 0.29) is 12.3 Å². The van der Waals surface area contributed by atoms with E-state index in [2.05, 4.69) is 0 Å². The third-order valence-corrected chi connectivity index (χ3v) is 1.72. The van der Waals surface area contributed by atoms with Crippen LogP contribution in [0, 0.1) is 0 Å². The molecule has 0 aromatic heterocycles. The molecule has 1 rings (SSSR count). The summed E-state index contributed by atoms with van der Waals surface area (Å²) in [5.74, 6) is -2.55. The summed E-state index contributed by atoms with van der Waals surface area (Å²) in [5.41, 5.74) is 0. The molecule has 0 aromatic rings. The standard InChI is InChI=1S/C7H9NO4/c9-5-2-1-3-8(4-5)6(10)7(11)12/h1-4H2,(H,11,12). The Morgan fingerprint density at radius 2 is 2.08 bits per heavy atom. The maximum absolute atomic E-state index is 10.8. The first kappa shape index (κ1) is 8.70. The van der Waals surface area contributed by atoms with E-state index in [9.17, 15) is 14.4 Å². The van der Waals surface area contributed by atoms with E-state index in [4.69, 9.17) is 5.11 Å². The molecular formula is C7H9NO4. The molecule has 0 aromatic carbocycles. The minimum atomic E-state index is -1.50. The average molecular weight is 171 g/mol. The normalized spacial score (nSPS) is 17.7. The molecule has 0 radical (unpaired) electrons. The van der Waals surface area contributed by atoms with Gasteiger partial charge in [0.25, 0.3) is 0 Å². The molecule has 1 saturated heterocycles. The van der Waals surface area contributed by atoms with Crippen LogP contribution in [0.1, 0.15) is 12.8 Å². The van der Waals surface area contributed by atoms with E-state index >= 15 is 0 Å². The Hall–Kier alpha value is -1.39. The van der Waals surface area contributed by atoms with Gasteiger partial charge in [-0.25, -0.2) is 4.79 Å². The quantitative estimate of drug-likeness (QED) is 0.487. The molecule has 5 nitrogen and oxygen atoms in total. The van der Waals surface area contributed by atoms with Crippen LogP contribution < -0.4 is 0 Å². The number of ketones is 1.